The van der Waals surface area contributed by atoms with Crippen LogP contribution in [0.2, 0.25) is 0 Å². The summed E-state index contributed by atoms with van der Waals surface area (Å²) in [4.78, 5) is 4.33. The van der Waals surface area contributed by atoms with Gasteiger partial charge >= 0.3 is 0 Å². The van der Waals surface area contributed by atoms with Crippen LogP contribution < -0.4 is 5.73 Å². The van der Waals surface area contributed by atoms with Crippen LogP contribution in [0, 0.1) is 0 Å². The van der Waals surface area contributed by atoms with E-state index in [2.05, 4.69) is 40.4 Å². The lowest BCUT2D eigenvalue weighted by molar-refractivity contribution is 0.614. The van der Waals surface area contributed by atoms with Gasteiger partial charge < -0.3 is 5.73 Å². The average Bonchev–Trinajstić information content (AvgIpc) is 2.81. The van der Waals surface area contributed by atoms with Crippen molar-refractivity contribution in [2.75, 3.05) is 5.73 Å². The summed E-state index contributed by atoms with van der Waals surface area (Å²) in [5, 5.41) is 9.24. The van der Waals surface area contributed by atoms with E-state index in [1.54, 1.807) is 6.20 Å². The van der Waals surface area contributed by atoms with Gasteiger partial charge in [-0.2, -0.15) is 0 Å². The number of anilines is 1. The second-order valence-electron chi connectivity index (χ2n) is 4.86. The molecule has 2 heterocycles. The van der Waals surface area contributed by atoms with Gasteiger partial charge in [0.1, 0.15) is 0 Å². The molecule has 0 radical (unpaired) electrons. The van der Waals surface area contributed by atoms with Crippen molar-refractivity contribution in [3.8, 4) is 0 Å². The van der Waals surface area contributed by atoms with Crippen LogP contribution >= 0.6 is 0 Å². The fraction of sp³-hybridized carbons (Fsp3) is 0.267. The summed E-state index contributed by atoms with van der Waals surface area (Å²) in [5.41, 5.74) is 9.06. The van der Waals surface area contributed by atoms with Gasteiger partial charge in [0, 0.05) is 11.6 Å². The Hall–Kier alpha value is -2.43. The molecular weight excluding hydrogens is 250 g/mol. The van der Waals surface area contributed by atoms with Gasteiger partial charge in [-0.05, 0) is 30.2 Å². The van der Waals surface area contributed by atoms with Gasteiger partial charge in [0.25, 0.3) is 0 Å². The van der Waals surface area contributed by atoms with E-state index in [1.807, 2.05) is 16.8 Å². The number of pyridine rings is 1. The van der Waals surface area contributed by atoms with Crippen LogP contribution in [0.5, 0.6) is 0 Å². The van der Waals surface area contributed by atoms with Crippen molar-refractivity contribution in [1.29, 1.82) is 0 Å². The zero-order chi connectivity index (χ0) is 13.9. The summed E-state index contributed by atoms with van der Waals surface area (Å²) in [7, 11) is 0. The van der Waals surface area contributed by atoms with Crippen LogP contribution in [0.1, 0.15) is 24.6 Å². The summed E-state index contributed by atoms with van der Waals surface area (Å²) in [5.74, 6) is 0.536. The lowest BCUT2D eigenvalue weighted by Gasteiger charge is -2.07. The van der Waals surface area contributed by atoms with Crippen LogP contribution in [-0.2, 0) is 13.0 Å². The third-order valence-corrected chi connectivity index (χ3v) is 3.35. The van der Waals surface area contributed by atoms with Crippen LogP contribution in [0.15, 0.2) is 36.5 Å². The summed E-state index contributed by atoms with van der Waals surface area (Å²) < 4.78 is 1.89. The molecule has 3 aromatic rings. The minimum absolute atomic E-state index is 0.536. The normalized spacial score (nSPS) is 11.1. The third kappa shape index (κ3) is 2.34. The minimum atomic E-state index is 0.536. The highest BCUT2D eigenvalue weighted by atomic mass is 15.4. The maximum Gasteiger partial charge on any atom is 0.169 e. The molecule has 0 spiro atoms. The second-order valence-corrected chi connectivity index (χ2v) is 4.86. The third-order valence-electron chi connectivity index (χ3n) is 3.35. The molecule has 0 aliphatic rings. The van der Waals surface area contributed by atoms with E-state index < -0.39 is 0 Å². The predicted molar refractivity (Wildman–Crippen MR) is 79.3 cm³/mol. The van der Waals surface area contributed by atoms with Crippen molar-refractivity contribution in [3.05, 3.63) is 47.8 Å². The Labute approximate surface area is 117 Å². The van der Waals surface area contributed by atoms with Crippen molar-refractivity contribution >= 4 is 16.7 Å². The van der Waals surface area contributed by atoms with Gasteiger partial charge in [-0.1, -0.05) is 30.7 Å². The standard InChI is InChI=1S/C15H17N5/c1-2-4-14-15(16)18-19-20(14)10-11-6-7-13-12(9-11)5-3-8-17-13/h3,5-9H,2,4,10,16H2,1H3. The van der Waals surface area contributed by atoms with Gasteiger partial charge in [0.05, 0.1) is 17.8 Å². The van der Waals surface area contributed by atoms with Crippen LogP contribution in [-0.4, -0.2) is 20.0 Å². The van der Waals surface area contributed by atoms with Crippen LogP contribution in [0.3, 0.4) is 0 Å². The Morgan fingerprint density at radius 1 is 1.25 bits per heavy atom. The molecule has 5 heteroatoms. The Morgan fingerprint density at radius 2 is 2.15 bits per heavy atom. The zero-order valence-electron chi connectivity index (χ0n) is 11.5. The molecule has 0 aliphatic carbocycles. The zero-order valence-corrected chi connectivity index (χ0v) is 11.5. The number of nitrogen functional groups attached to an aromatic ring is 1. The van der Waals surface area contributed by atoms with Crippen LogP contribution in [0.25, 0.3) is 10.9 Å². The molecule has 0 amide bonds. The fourth-order valence-corrected chi connectivity index (χ4v) is 2.36. The van der Waals surface area contributed by atoms with Crippen molar-refractivity contribution in [2.45, 2.75) is 26.3 Å². The maximum absolute atomic E-state index is 5.87. The van der Waals surface area contributed by atoms with E-state index in [4.69, 9.17) is 5.73 Å². The molecule has 0 unspecified atom stereocenters. The molecule has 0 fully saturated rings. The van der Waals surface area contributed by atoms with Crippen molar-refractivity contribution in [1.82, 2.24) is 20.0 Å². The minimum Gasteiger partial charge on any atom is -0.381 e. The van der Waals surface area contributed by atoms with Gasteiger partial charge in [0.15, 0.2) is 5.82 Å². The number of nitrogens with zero attached hydrogens (tertiary/aromatic N) is 4. The maximum atomic E-state index is 5.87. The first-order valence-corrected chi connectivity index (χ1v) is 6.79. The number of rotatable bonds is 4. The molecule has 2 aromatic heterocycles. The molecule has 0 saturated carbocycles. The molecule has 1 aromatic carbocycles. The quantitative estimate of drug-likeness (QED) is 0.788. The molecule has 20 heavy (non-hydrogen) atoms. The lowest BCUT2D eigenvalue weighted by atomic mass is 10.1. The number of hydrogen-bond acceptors (Lipinski definition) is 4. The SMILES string of the molecule is CCCc1c(N)nnn1Cc1ccc2ncccc2c1. The van der Waals surface area contributed by atoms with E-state index in [-0.39, 0.29) is 0 Å². The molecule has 0 atom stereocenters. The molecule has 5 nitrogen and oxygen atoms in total. The monoisotopic (exact) mass is 267 g/mol. The summed E-state index contributed by atoms with van der Waals surface area (Å²) >= 11 is 0. The first-order valence-electron chi connectivity index (χ1n) is 6.79. The highest BCUT2D eigenvalue weighted by molar-refractivity contribution is 5.78. The van der Waals surface area contributed by atoms with Gasteiger partial charge in [0.2, 0.25) is 0 Å². The number of benzene rings is 1. The Kier molecular flexibility index (Phi) is 3.33. The largest absolute Gasteiger partial charge is 0.381 e. The molecule has 0 aliphatic heterocycles. The molecule has 102 valence electrons. The number of aromatic nitrogens is 4. The highest BCUT2D eigenvalue weighted by Gasteiger charge is 2.09. The number of nitrogens with two attached hydrogens (primary N) is 1. The van der Waals surface area contributed by atoms with E-state index >= 15 is 0 Å². The number of hydrogen-bond donors (Lipinski definition) is 1. The number of fused-ring (bicyclic) bond motifs is 1. The average molecular weight is 267 g/mol. The smallest absolute Gasteiger partial charge is 0.169 e. The predicted octanol–water partition coefficient (Wildman–Crippen LogP) is 2.41. The lowest BCUT2D eigenvalue weighted by Crippen LogP contribution is -2.07. The fourth-order valence-electron chi connectivity index (χ4n) is 2.36. The first-order chi connectivity index (χ1) is 9.78. The summed E-state index contributed by atoms with van der Waals surface area (Å²) in [6, 6.07) is 10.2. The summed E-state index contributed by atoms with van der Waals surface area (Å²) in [6.45, 7) is 2.81. The molecule has 2 N–H and O–H groups in total. The van der Waals surface area contributed by atoms with E-state index in [9.17, 15) is 0 Å². The Balaban J connectivity index is 1.93. The van der Waals surface area contributed by atoms with Crippen LogP contribution in [0.4, 0.5) is 5.82 Å². The topological polar surface area (TPSA) is 69.6 Å². The van der Waals surface area contributed by atoms with Crippen molar-refractivity contribution in [3.63, 3.8) is 0 Å². The molecule has 0 saturated heterocycles. The van der Waals surface area contributed by atoms with Crippen molar-refractivity contribution in [2.24, 2.45) is 0 Å². The van der Waals surface area contributed by atoms with Crippen molar-refractivity contribution < 1.29 is 0 Å². The first kappa shape index (κ1) is 12.6. The highest BCUT2D eigenvalue weighted by Crippen LogP contribution is 2.16. The molecular formula is C15H17N5. The van der Waals surface area contributed by atoms with E-state index in [0.717, 1.165) is 29.4 Å². The van der Waals surface area contributed by atoms with Gasteiger partial charge in [-0.15, -0.1) is 5.10 Å². The second kappa shape index (κ2) is 5.28. The Bertz CT molecular complexity index is 732. The molecule has 3 rings (SSSR count). The van der Waals surface area contributed by atoms with E-state index in [1.165, 1.54) is 5.56 Å². The molecule has 0 bridgehead atoms. The van der Waals surface area contributed by atoms with Gasteiger partial charge in [-0.3, -0.25) is 4.98 Å². The summed E-state index contributed by atoms with van der Waals surface area (Å²) in [6.07, 6.45) is 3.73. The Morgan fingerprint density at radius 3 is 3.00 bits per heavy atom. The van der Waals surface area contributed by atoms with E-state index in [0.29, 0.717) is 12.4 Å². The van der Waals surface area contributed by atoms with Gasteiger partial charge in [-0.25, -0.2) is 4.68 Å².